The van der Waals surface area contributed by atoms with E-state index in [2.05, 4.69) is 36.4 Å². The van der Waals surface area contributed by atoms with Crippen molar-refractivity contribution in [3.8, 4) is 0 Å². The van der Waals surface area contributed by atoms with E-state index in [4.69, 9.17) is 16.6 Å². The van der Waals surface area contributed by atoms with E-state index < -0.39 is 5.54 Å². The van der Waals surface area contributed by atoms with Gasteiger partial charge in [-0.15, -0.1) is 0 Å². The van der Waals surface area contributed by atoms with Crippen molar-refractivity contribution in [2.24, 2.45) is 5.73 Å². The molecule has 3 heteroatoms. The van der Waals surface area contributed by atoms with Gasteiger partial charge >= 0.3 is 0 Å². The van der Waals surface area contributed by atoms with Crippen molar-refractivity contribution >= 4 is 11.3 Å². The maximum Gasteiger partial charge on any atom is 0.0633 e. The van der Waals surface area contributed by atoms with Crippen LogP contribution in [0, 0.1) is 0 Å². The van der Waals surface area contributed by atoms with Crippen molar-refractivity contribution in [1.29, 1.82) is 0 Å². The minimum absolute atomic E-state index is 0.214. The molecule has 0 amide bonds. The molecule has 3 nitrogen and oxygen atoms in total. The Morgan fingerprint density at radius 2 is 1.88 bits per heavy atom. The molecule has 5 N–H and O–H groups in total. The summed E-state index contributed by atoms with van der Waals surface area (Å²) in [5.74, 6) is 0. The number of aliphatic hydroxyl groups is 1. The molecule has 24 heavy (non-hydrogen) atoms. The van der Waals surface area contributed by atoms with Crippen LogP contribution in [0.5, 0.6) is 0 Å². The molecule has 0 heterocycles. The fourth-order valence-electron chi connectivity index (χ4n) is 3.06. The minimum atomic E-state index is -0.480. The number of aryl methyl sites for hydroxylation is 1. The number of nitrogen functional groups attached to an aromatic ring is 1. The average molecular weight is 320 g/mol. The molecule has 1 atom stereocenters. The summed E-state index contributed by atoms with van der Waals surface area (Å²) in [5, 5.41) is 9.00. The van der Waals surface area contributed by atoms with E-state index in [1.807, 2.05) is 30.3 Å². The van der Waals surface area contributed by atoms with Gasteiger partial charge in [0.25, 0.3) is 0 Å². The summed E-state index contributed by atoms with van der Waals surface area (Å²) >= 11 is 0. The first-order valence-corrected chi connectivity index (χ1v) is 8.35. The minimum Gasteiger partial charge on any atom is -0.399 e. The van der Waals surface area contributed by atoms with Gasteiger partial charge in [0, 0.05) is 12.3 Å². The number of nitrogens with two attached hydrogens (primary N) is 2. The van der Waals surface area contributed by atoms with Gasteiger partial charge in [-0.1, -0.05) is 54.6 Å². The van der Waals surface area contributed by atoms with E-state index in [1.165, 1.54) is 11.1 Å². The van der Waals surface area contributed by atoms with Crippen LogP contribution in [0.2, 0.25) is 0 Å². The van der Waals surface area contributed by atoms with Gasteiger partial charge < -0.3 is 16.6 Å². The van der Waals surface area contributed by atoms with E-state index in [9.17, 15) is 0 Å². The number of hydrogen-bond acceptors (Lipinski definition) is 3. The van der Waals surface area contributed by atoms with Gasteiger partial charge in [0.05, 0.1) is 5.54 Å². The summed E-state index contributed by atoms with van der Waals surface area (Å²) in [4.78, 5) is 0. The Hall–Kier alpha value is -2.36. The summed E-state index contributed by atoms with van der Waals surface area (Å²) in [6.45, 7) is 0.214. The Morgan fingerprint density at radius 3 is 2.54 bits per heavy atom. The standard InChI is InChI=1S/C21H24N2O/c22-20-8-6-17(7-9-20)18-10-12-21(23,13-11-18)19-5-1-3-16(15-19)4-2-14-24/h1,3,5-12,15,24H,2,4,13-14,22-23H2. The molecule has 0 bridgehead atoms. The van der Waals surface area contributed by atoms with Crippen LogP contribution in [0.3, 0.4) is 0 Å². The van der Waals surface area contributed by atoms with Crippen LogP contribution >= 0.6 is 0 Å². The topological polar surface area (TPSA) is 72.3 Å². The summed E-state index contributed by atoms with van der Waals surface area (Å²) in [5.41, 5.74) is 17.3. The van der Waals surface area contributed by atoms with E-state index in [1.54, 1.807) is 0 Å². The second-order valence-electron chi connectivity index (χ2n) is 6.39. The third kappa shape index (κ3) is 3.58. The third-order valence-corrected chi connectivity index (χ3v) is 4.55. The van der Waals surface area contributed by atoms with Crippen LogP contribution < -0.4 is 11.5 Å². The fourth-order valence-corrected chi connectivity index (χ4v) is 3.06. The molecule has 0 radical (unpaired) electrons. The number of benzene rings is 2. The van der Waals surface area contributed by atoms with Crippen molar-refractivity contribution < 1.29 is 5.11 Å². The van der Waals surface area contributed by atoms with E-state index >= 15 is 0 Å². The van der Waals surface area contributed by atoms with Crippen molar-refractivity contribution in [1.82, 2.24) is 0 Å². The summed E-state index contributed by atoms with van der Waals surface area (Å²) in [6.07, 6.45) is 8.77. The number of aliphatic hydroxyl groups excluding tert-OH is 1. The molecule has 2 aromatic rings. The van der Waals surface area contributed by atoms with Gasteiger partial charge in [-0.2, -0.15) is 0 Å². The zero-order chi connectivity index (χ0) is 17.0. The van der Waals surface area contributed by atoms with E-state index in [-0.39, 0.29) is 6.61 Å². The van der Waals surface area contributed by atoms with Crippen molar-refractivity contribution in [3.63, 3.8) is 0 Å². The third-order valence-electron chi connectivity index (χ3n) is 4.55. The van der Waals surface area contributed by atoms with Gasteiger partial charge in [0.1, 0.15) is 0 Å². The van der Waals surface area contributed by atoms with Crippen LogP contribution in [0.1, 0.15) is 29.5 Å². The molecule has 0 aromatic heterocycles. The largest absolute Gasteiger partial charge is 0.399 e. The summed E-state index contributed by atoms with van der Waals surface area (Å²) in [7, 11) is 0. The second kappa shape index (κ2) is 7.04. The van der Waals surface area contributed by atoms with Gasteiger partial charge in [-0.25, -0.2) is 0 Å². The Bertz CT molecular complexity index is 762. The molecule has 1 aliphatic carbocycles. The summed E-state index contributed by atoms with van der Waals surface area (Å²) in [6, 6.07) is 16.3. The van der Waals surface area contributed by atoms with Crippen molar-refractivity contribution in [2.75, 3.05) is 12.3 Å². The number of rotatable bonds is 5. The molecule has 2 aromatic carbocycles. The maximum atomic E-state index is 9.00. The van der Waals surface area contributed by atoms with Gasteiger partial charge in [-0.3, -0.25) is 0 Å². The highest BCUT2D eigenvalue weighted by molar-refractivity contribution is 5.76. The lowest BCUT2D eigenvalue weighted by Crippen LogP contribution is -2.35. The Labute approximate surface area is 143 Å². The second-order valence-corrected chi connectivity index (χ2v) is 6.39. The predicted octanol–water partition coefficient (Wildman–Crippen LogP) is 3.39. The highest BCUT2D eigenvalue weighted by Crippen LogP contribution is 2.33. The fraction of sp³-hybridized carbons (Fsp3) is 0.238. The number of allylic oxidation sites excluding steroid dienone is 2. The first-order valence-electron chi connectivity index (χ1n) is 8.35. The van der Waals surface area contributed by atoms with Crippen LogP contribution in [0.15, 0.2) is 66.8 Å². The van der Waals surface area contributed by atoms with Gasteiger partial charge in [0.15, 0.2) is 0 Å². The number of anilines is 1. The molecule has 1 unspecified atom stereocenters. The lowest BCUT2D eigenvalue weighted by molar-refractivity contribution is 0.288. The SMILES string of the molecule is Nc1ccc(C2=CCC(N)(c3cccc(CCCO)c3)C=C2)cc1. The first kappa shape index (κ1) is 16.5. The first-order chi connectivity index (χ1) is 11.6. The number of hydrogen-bond donors (Lipinski definition) is 3. The average Bonchev–Trinajstić information content (AvgIpc) is 2.62. The van der Waals surface area contributed by atoms with Gasteiger partial charge in [-0.05, 0) is 53.7 Å². The lowest BCUT2D eigenvalue weighted by atomic mass is 9.81. The van der Waals surface area contributed by atoms with Crippen LogP contribution in [0.4, 0.5) is 5.69 Å². The Morgan fingerprint density at radius 1 is 1.08 bits per heavy atom. The maximum absolute atomic E-state index is 9.00. The molecule has 0 aliphatic heterocycles. The molecule has 0 spiro atoms. The molecular weight excluding hydrogens is 296 g/mol. The quantitative estimate of drug-likeness (QED) is 0.739. The van der Waals surface area contributed by atoms with E-state index in [0.29, 0.717) is 0 Å². The molecule has 0 fully saturated rings. The van der Waals surface area contributed by atoms with Crippen LogP contribution in [-0.2, 0) is 12.0 Å². The molecular formula is C21H24N2O. The van der Waals surface area contributed by atoms with Gasteiger partial charge in [0.2, 0.25) is 0 Å². The van der Waals surface area contributed by atoms with Crippen LogP contribution in [-0.4, -0.2) is 11.7 Å². The normalized spacial score (nSPS) is 20.0. The van der Waals surface area contributed by atoms with Crippen LogP contribution in [0.25, 0.3) is 5.57 Å². The summed E-state index contributed by atoms with van der Waals surface area (Å²) < 4.78 is 0. The molecule has 0 saturated heterocycles. The monoisotopic (exact) mass is 320 g/mol. The highest BCUT2D eigenvalue weighted by atomic mass is 16.2. The molecule has 3 rings (SSSR count). The molecule has 0 saturated carbocycles. The Kier molecular flexibility index (Phi) is 4.84. The van der Waals surface area contributed by atoms with Crippen molar-refractivity contribution in [3.05, 3.63) is 83.4 Å². The smallest absolute Gasteiger partial charge is 0.0633 e. The predicted molar refractivity (Wildman–Crippen MR) is 100 cm³/mol. The van der Waals surface area contributed by atoms with E-state index in [0.717, 1.165) is 36.1 Å². The zero-order valence-corrected chi connectivity index (χ0v) is 13.8. The lowest BCUT2D eigenvalue weighted by Gasteiger charge is -2.29. The molecule has 124 valence electrons. The zero-order valence-electron chi connectivity index (χ0n) is 13.8. The molecule has 1 aliphatic rings. The Balaban J connectivity index is 1.79. The van der Waals surface area contributed by atoms with Crippen molar-refractivity contribution in [2.45, 2.75) is 24.8 Å². The highest BCUT2D eigenvalue weighted by Gasteiger charge is 2.26.